The molecule has 6 nitrogen and oxygen atoms in total. The first-order valence-corrected chi connectivity index (χ1v) is 8.86. The fraction of sp³-hybridized carbons (Fsp3) is 0.250. The third-order valence-electron chi connectivity index (χ3n) is 5.39. The quantitative estimate of drug-likeness (QED) is 0.748. The van der Waals surface area contributed by atoms with Crippen LogP contribution in [0.15, 0.2) is 53.5 Å². The highest BCUT2D eigenvalue weighted by atomic mass is 16.2. The molecule has 1 fully saturated rings. The van der Waals surface area contributed by atoms with E-state index in [4.69, 9.17) is 0 Å². The summed E-state index contributed by atoms with van der Waals surface area (Å²) in [5.41, 5.74) is 3.80. The Morgan fingerprint density at radius 1 is 1.15 bits per heavy atom. The molecule has 2 aromatic heterocycles. The highest BCUT2D eigenvalue weighted by Gasteiger charge is 2.40. The van der Waals surface area contributed by atoms with E-state index in [1.165, 1.54) is 11.1 Å². The standard InChI is InChI=1S/C20H18N4O2/c25-19(14-10-17-18(21-11-14)23-20(26)22-17)24-15-6-7-16(24)9-13(8-15)12-4-2-1-3-5-12/h1-5,8,10-11,15-16H,6-7,9H2,(H2,21,22,23,26)/t15-,16-/m1/s1. The Morgan fingerprint density at radius 3 is 2.81 bits per heavy atom. The first-order chi connectivity index (χ1) is 12.7. The maximum Gasteiger partial charge on any atom is 0.325 e. The van der Waals surface area contributed by atoms with E-state index in [1.54, 1.807) is 12.3 Å². The molecule has 1 saturated heterocycles. The molecule has 2 N–H and O–H groups in total. The number of nitrogens with zero attached hydrogens (tertiary/aromatic N) is 2. The Labute approximate surface area is 149 Å². The predicted molar refractivity (Wildman–Crippen MR) is 98.7 cm³/mol. The number of pyridine rings is 1. The number of aromatic nitrogens is 3. The molecule has 2 aliphatic heterocycles. The van der Waals surface area contributed by atoms with E-state index in [0.29, 0.717) is 16.7 Å². The van der Waals surface area contributed by atoms with Crippen LogP contribution in [0.3, 0.4) is 0 Å². The van der Waals surface area contributed by atoms with Crippen LogP contribution < -0.4 is 5.69 Å². The van der Waals surface area contributed by atoms with Crippen LogP contribution in [0.2, 0.25) is 0 Å². The molecule has 0 unspecified atom stereocenters. The van der Waals surface area contributed by atoms with Crippen molar-refractivity contribution in [1.82, 2.24) is 19.9 Å². The zero-order valence-electron chi connectivity index (χ0n) is 14.1. The summed E-state index contributed by atoms with van der Waals surface area (Å²) in [5.74, 6) is -0.0164. The molecule has 2 aliphatic rings. The lowest BCUT2D eigenvalue weighted by Gasteiger charge is -2.34. The zero-order valence-corrected chi connectivity index (χ0v) is 14.1. The van der Waals surface area contributed by atoms with Gasteiger partial charge in [-0.25, -0.2) is 9.78 Å². The largest absolute Gasteiger partial charge is 0.329 e. The van der Waals surface area contributed by atoms with Gasteiger partial charge in [0, 0.05) is 12.2 Å². The monoisotopic (exact) mass is 346 g/mol. The maximum atomic E-state index is 13.1. The Morgan fingerprint density at radius 2 is 2.00 bits per heavy atom. The third kappa shape index (κ3) is 2.37. The van der Waals surface area contributed by atoms with Gasteiger partial charge in [-0.1, -0.05) is 36.4 Å². The van der Waals surface area contributed by atoms with Crippen LogP contribution in [-0.4, -0.2) is 37.8 Å². The fourth-order valence-corrected chi connectivity index (χ4v) is 4.20. The van der Waals surface area contributed by atoms with Gasteiger partial charge >= 0.3 is 5.69 Å². The minimum absolute atomic E-state index is 0.0164. The van der Waals surface area contributed by atoms with Gasteiger partial charge in [-0.2, -0.15) is 0 Å². The summed E-state index contributed by atoms with van der Waals surface area (Å²) in [4.78, 5) is 36.0. The second kappa shape index (κ2) is 5.69. The van der Waals surface area contributed by atoms with Gasteiger partial charge in [0.15, 0.2) is 5.65 Å². The van der Waals surface area contributed by atoms with Crippen LogP contribution in [0, 0.1) is 0 Å². The van der Waals surface area contributed by atoms with E-state index in [9.17, 15) is 9.59 Å². The molecule has 1 amide bonds. The maximum absolute atomic E-state index is 13.1. The third-order valence-corrected chi connectivity index (χ3v) is 5.39. The molecule has 26 heavy (non-hydrogen) atoms. The first-order valence-electron chi connectivity index (χ1n) is 8.86. The van der Waals surface area contributed by atoms with Crippen LogP contribution in [0.4, 0.5) is 0 Å². The average Bonchev–Trinajstić information content (AvgIpc) is 3.16. The molecule has 130 valence electrons. The number of hydrogen-bond donors (Lipinski definition) is 2. The van der Waals surface area contributed by atoms with Crippen molar-refractivity contribution in [2.24, 2.45) is 0 Å². The van der Waals surface area contributed by atoms with Gasteiger partial charge in [-0.15, -0.1) is 0 Å². The normalized spacial score (nSPS) is 21.8. The van der Waals surface area contributed by atoms with E-state index in [0.717, 1.165) is 19.3 Å². The SMILES string of the molecule is O=C(c1cnc2[nH]c(=O)[nH]c2c1)N1[C@@H]2CC[C@@H]1C=C(c1ccccc1)C2. The van der Waals surface area contributed by atoms with Crippen LogP contribution in [0.1, 0.15) is 35.2 Å². The van der Waals surface area contributed by atoms with E-state index in [1.807, 2.05) is 23.1 Å². The smallest absolute Gasteiger partial charge is 0.325 e. The predicted octanol–water partition coefficient (Wildman–Crippen LogP) is 2.71. The number of imidazole rings is 1. The average molecular weight is 346 g/mol. The summed E-state index contributed by atoms with van der Waals surface area (Å²) in [6.45, 7) is 0. The molecule has 0 saturated carbocycles. The number of amides is 1. The lowest BCUT2D eigenvalue weighted by atomic mass is 9.94. The molecule has 3 aromatic rings. The van der Waals surface area contributed by atoms with Gasteiger partial charge in [0.25, 0.3) is 5.91 Å². The minimum atomic E-state index is -0.314. The van der Waals surface area contributed by atoms with Crippen LogP contribution in [0.25, 0.3) is 16.7 Å². The fourth-order valence-electron chi connectivity index (χ4n) is 4.20. The summed E-state index contributed by atoms with van der Waals surface area (Å²) in [6.07, 6.45) is 6.66. The molecular weight excluding hydrogens is 328 g/mol. The molecule has 6 heteroatoms. The van der Waals surface area contributed by atoms with E-state index in [2.05, 4.69) is 33.2 Å². The van der Waals surface area contributed by atoms with Crippen molar-refractivity contribution in [3.63, 3.8) is 0 Å². The minimum Gasteiger partial charge on any atom is -0.329 e. The second-order valence-corrected chi connectivity index (χ2v) is 6.97. The molecule has 2 bridgehead atoms. The molecule has 0 radical (unpaired) electrons. The summed E-state index contributed by atoms with van der Waals surface area (Å²) < 4.78 is 0. The van der Waals surface area contributed by atoms with E-state index in [-0.39, 0.29) is 23.7 Å². The number of fused-ring (bicyclic) bond motifs is 3. The molecular formula is C20H18N4O2. The second-order valence-electron chi connectivity index (χ2n) is 6.97. The zero-order chi connectivity index (χ0) is 17.7. The number of benzene rings is 1. The Balaban J connectivity index is 1.47. The van der Waals surface area contributed by atoms with Gasteiger partial charge < -0.3 is 9.88 Å². The number of carbonyl (C=O) groups excluding carboxylic acids is 1. The van der Waals surface area contributed by atoms with Gasteiger partial charge in [0.05, 0.1) is 17.1 Å². The number of rotatable bonds is 2. The number of nitrogens with one attached hydrogen (secondary N) is 2. The molecule has 1 aromatic carbocycles. The lowest BCUT2D eigenvalue weighted by Crippen LogP contribution is -2.43. The first kappa shape index (κ1) is 15.1. The van der Waals surface area contributed by atoms with Crippen molar-refractivity contribution in [2.45, 2.75) is 31.3 Å². The van der Waals surface area contributed by atoms with Gasteiger partial charge in [-0.3, -0.25) is 9.78 Å². The summed E-state index contributed by atoms with van der Waals surface area (Å²) >= 11 is 0. The molecule has 2 atom stereocenters. The highest BCUT2D eigenvalue weighted by molar-refractivity contribution is 5.97. The van der Waals surface area contributed by atoms with Crippen molar-refractivity contribution < 1.29 is 4.79 Å². The Hall–Kier alpha value is -3.15. The summed E-state index contributed by atoms with van der Waals surface area (Å²) in [5, 5.41) is 0. The molecule has 0 aliphatic carbocycles. The van der Waals surface area contributed by atoms with Crippen LogP contribution in [-0.2, 0) is 0 Å². The number of H-pyrrole nitrogens is 2. The van der Waals surface area contributed by atoms with Crippen molar-refractivity contribution in [2.75, 3.05) is 0 Å². The van der Waals surface area contributed by atoms with Gasteiger partial charge in [0.1, 0.15) is 0 Å². The highest BCUT2D eigenvalue weighted by Crippen LogP contribution is 2.39. The van der Waals surface area contributed by atoms with Crippen molar-refractivity contribution in [3.05, 3.63) is 70.3 Å². The van der Waals surface area contributed by atoms with E-state index >= 15 is 0 Å². The van der Waals surface area contributed by atoms with Crippen molar-refractivity contribution >= 4 is 22.6 Å². The Bertz CT molecular complexity index is 1080. The Kier molecular flexibility index (Phi) is 3.31. The molecule has 4 heterocycles. The van der Waals surface area contributed by atoms with Crippen molar-refractivity contribution in [1.29, 1.82) is 0 Å². The number of aromatic amines is 2. The van der Waals surface area contributed by atoms with Crippen LogP contribution in [0.5, 0.6) is 0 Å². The number of carbonyl (C=O) groups is 1. The topological polar surface area (TPSA) is 81.8 Å². The lowest BCUT2D eigenvalue weighted by molar-refractivity contribution is 0.0692. The molecule has 5 rings (SSSR count). The van der Waals surface area contributed by atoms with Gasteiger partial charge in [0.2, 0.25) is 0 Å². The summed E-state index contributed by atoms with van der Waals surface area (Å²) in [6, 6.07) is 12.4. The summed E-state index contributed by atoms with van der Waals surface area (Å²) in [7, 11) is 0. The van der Waals surface area contributed by atoms with E-state index < -0.39 is 0 Å². The van der Waals surface area contributed by atoms with Gasteiger partial charge in [-0.05, 0) is 36.5 Å². The van der Waals surface area contributed by atoms with Crippen LogP contribution >= 0.6 is 0 Å². The molecule has 0 spiro atoms. The number of hydrogen-bond acceptors (Lipinski definition) is 3. The van der Waals surface area contributed by atoms with Crippen molar-refractivity contribution in [3.8, 4) is 0 Å².